The standard InChI is InChI=1S/C21H22Cl2N4O4/c1-25(13-20(28)24-15-6-7-16(22)17(23)12-15)21(29)14-8-10-26(11-9-14)18-4-2-3-5-19(18)27(30)31/h2-7,12,14H,8-11,13H2,1H3,(H,24,28). The number of nitrogens with zero attached hydrogens (tertiary/aromatic N) is 3. The SMILES string of the molecule is CN(CC(=O)Nc1ccc(Cl)c(Cl)c1)C(=O)C1CCN(c2ccccc2[N+](=O)[O-])CC1. The fraction of sp³-hybridized carbons (Fsp3) is 0.333. The van der Waals surface area contributed by atoms with Crippen molar-refractivity contribution in [1.82, 2.24) is 4.90 Å². The topological polar surface area (TPSA) is 95.8 Å². The second-order valence-corrected chi connectivity index (χ2v) is 8.19. The van der Waals surface area contributed by atoms with Gasteiger partial charge in [0.15, 0.2) is 0 Å². The number of likely N-dealkylation sites (N-methyl/N-ethyl adjacent to an activating group) is 1. The number of nitro benzene ring substituents is 1. The van der Waals surface area contributed by atoms with Gasteiger partial charge >= 0.3 is 0 Å². The van der Waals surface area contributed by atoms with Crippen molar-refractivity contribution in [1.29, 1.82) is 0 Å². The van der Waals surface area contributed by atoms with E-state index < -0.39 is 4.92 Å². The van der Waals surface area contributed by atoms with Crippen LogP contribution in [0.1, 0.15) is 12.8 Å². The molecular weight excluding hydrogens is 443 g/mol. The molecular formula is C21H22Cl2N4O4. The summed E-state index contributed by atoms with van der Waals surface area (Å²) in [5, 5.41) is 14.7. The summed E-state index contributed by atoms with van der Waals surface area (Å²) in [7, 11) is 1.59. The lowest BCUT2D eigenvalue weighted by Gasteiger charge is -2.34. The van der Waals surface area contributed by atoms with Crippen LogP contribution < -0.4 is 10.2 Å². The van der Waals surface area contributed by atoms with Crippen LogP contribution >= 0.6 is 23.2 Å². The Bertz CT molecular complexity index is 993. The Hall–Kier alpha value is -2.84. The molecule has 2 aromatic rings. The first-order valence-corrected chi connectivity index (χ1v) is 10.5. The van der Waals surface area contributed by atoms with Gasteiger partial charge in [-0.1, -0.05) is 35.3 Å². The molecule has 31 heavy (non-hydrogen) atoms. The van der Waals surface area contributed by atoms with E-state index in [1.807, 2.05) is 4.90 Å². The Balaban J connectivity index is 1.53. The molecule has 0 radical (unpaired) electrons. The van der Waals surface area contributed by atoms with E-state index in [4.69, 9.17) is 23.2 Å². The molecule has 0 bridgehead atoms. The summed E-state index contributed by atoms with van der Waals surface area (Å²) in [6, 6.07) is 11.4. The molecule has 1 aliphatic rings. The van der Waals surface area contributed by atoms with Gasteiger partial charge in [-0.05, 0) is 37.1 Å². The van der Waals surface area contributed by atoms with Crippen LogP contribution in [0.4, 0.5) is 17.1 Å². The van der Waals surface area contributed by atoms with Gasteiger partial charge in [-0.2, -0.15) is 0 Å². The number of benzene rings is 2. The number of piperidine rings is 1. The van der Waals surface area contributed by atoms with Gasteiger partial charge in [0.05, 0.1) is 21.5 Å². The highest BCUT2D eigenvalue weighted by Gasteiger charge is 2.30. The summed E-state index contributed by atoms with van der Waals surface area (Å²) in [6.07, 6.45) is 1.12. The van der Waals surface area contributed by atoms with Crippen molar-refractivity contribution in [3.8, 4) is 0 Å². The molecule has 8 nitrogen and oxygen atoms in total. The summed E-state index contributed by atoms with van der Waals surface area (Å²) in [6.45, 7) is 0.971. The highest BCUT2D eigenvalue weighted by Crippen LogP contribution is 2.31. The minimum atomic E-state index is -0.396. The lowest BCUT2D eigenvalue weighted by atomic mass is 9.95. The number of nitro groups is 1. The number of hydrogen-bond donors (Lipinski definition) is 1. The van der Waals surface area contributed by atoms with Crippen LogP contribution in [-0.4, -0.2) is 48.3 Å². The normalized spacial score (nSPS) is 14.2. The van der Waals surface area contributed by atoms with Crippen LogP contribution in [0, 0.1) is 16.0 Å². The van der Waals surface area contributed by atoms with Crippen molar-refractivity contribution in [3.05, 3.63) is 62.6 Å². The average Bonchev–Trinajstić information content (AvgIpc) is 2.75. The highest BCUT2D eigenvalue weighted by molar-refractivity contribution is 6.42. The number of amides is 2. The molecule has 0 aliphatic carbocycles. The highest BCUT2D eigenvalue weighted by atomic mass is 35.5. The first-order valence-electron chi connectivity index (χ1n) is 9.74. The molecule has 2 amide bonds. The maximum Gasteiger partial charge on any atom is 0.292 e. The zero-order chi connectivity index (χ0) is 22.5. The number of carbonyl (C=O) groups is 2. The summed E-state index contributed by atoms with van der Waals surface area (Å²) in [5.41, 5.74) is 1.12. The van der Waals surface area contributed by atoms with Crippen LogP contribution in [0.25, 0.3) is 0 Å². The van der Waals surface area contributed by atoms with E-state index in [-0.39, 0.29) is 30.0 Å². The number of carbonyl (C=O) groups excluding carboxylic acids is 2. The molecule has 1 aliphatic heterocycles. The fourth-order valence-corrected chi connectivity index (χ4v) is 3.93. The zero-order valence-electron chi connectivity index (χ0n) is 16.9. The zero-order valence-corrected chi connectivity index (χ0v) is 18.4. The molecule has 164 valence electrons. The number of rotatable bonds is 6. The molecule has 1 saturated heterocycles. The van der Waals surface area contributed by atoms with Gasteiger partial charge in [-0.15, -0.1) is 0 Å². The Labute approximate surface area is 189 Å². The van der Waals surface area contributed by atoms with Gasteiger partial charge in [0.1, 0.15) is 5.69 Å². The van der Waals surface area contributed by atoms with Crippen molar-refractivity contribution in [2.24, 2.45) is 5.92 Å². The van der Waals surface area contributed by atoms with Gasteiger partial charge < -0.3 is 15.1 Å². The van der Waals surface area contributed by atoms with Gasteiger partial charge in [0.2, 0.25) is 11.8 Å². The van der Waals surface area contributed by atoms with Gasteiger partial charge in [0, 0.05) is 37.8 Å². The quantitative estimate of drug-likeness (QED) is 0.509. The first kappa shape index (κ1) is 22.8. The van der Waals surface area contributed by atoms with Crippen molar-refractivity contribution in [3.63, 3.8) is 0 Å². The van der Waals surface area contributed by atoms with Gasteiger partial charge in [-0.25, -0.2) is 0 Å². The first-order chi connectivity index (χ1) is 14.8. The van der Waals surface area contributed by atoms with E-state index in [0.717, 1.165) is 0 Å². The minimum absolute atomic E-state index is 0.0587. The van der Waals surface area contributed by atoms with Crippen molar-refractivity contribution < 1.29 is 14.5 Å². The van der Waals surface area contributed by atoms with Crippen LogP contribution in [0.5, 0.6) is 0 Å². The van der Waals surface area contributed by atoms with E-state index in [1.54, 1.807) is 43.4 Å². The van der Waals surface area contributed by atoms with Gasteiger partial charge in [0.25, 0.3) is 5.69 Å². The fourth-order valence-electron chi connectivity index (χ4n) is 3.63. The van der Waals surface area contributed by atoms with E-state index in [9.17, 15) is 19.7 Å². The maximum atomic E-state index is 12.8. The molecule has 2 aromatic carbocycles. The van der Waals surface area contributed by atoms with Crippen LogP contribution in [-0.2, 0) is 9.59 Å². The number of nitrogens with one attached hydrogen (secondary N) is 1. The lowest BCUT2D eigenvalue weighted by molar-refractivity contribution is -0.384. The predicted molar refractivity (Wildman–Crippen MR) is 121 cm³/mol. The molecule has 1 N–H and O–H groups in total. The Morgan fingerprint density at radius 2 is 1.84 bits per heavy atom. The van der Waals surface area contributed by atoms with Gasteiger partial charge in [-0.3, -0.25) is 19.7 Å². The lowest BCUT2D eigenvalue weighted by Crippen LogP contribution is -2.43. The Morgan fingerprint density at radius 1 is 1.16 bits per heavy atom. The molecule has 0 unspecified atom stereocenters. The average molecular weight is 465 g/mol. The molecule has 0 spiro atoms. The van der Waals surface area contributed by atoms with Crippen molar-refractivity contribution >= 4 is 52.1 Å². The van der Waals surface area contributed by atoms with Crippen LogP contribution in [0.2, 0.25) is 10.0 Å². The third kappa shape index (κ3) is 5.65. The van der Waals surface area contributed by atoms with Crippen LogP contribution in [0.15, 0.2) is 42.5 Å². The third-order valence-corrected chi connectivity index (χ3v) is 5.96. The summed E-state index contributed by atoms with van der Waals surface area (Å²) in [5.74, 6) is -0.695. The second kappa shape index (κ2) is 9.98. The summed E-state index contributed by atoms with van der Waals surface area (Å²) in [4.78, 5) is 39.3. The van der Waals surface area contributed by atoms with E-state index in [2.05, 4.69) is 5.32 Å². The van der Waals surface area contributed by atoms with Crippen LogP contribution in [0.3, 0.4) is 0 Å². The van der Waals surface area contributed by atoms with E-state index in [0.29, 0.717) is 47.4 Å². The molecule has 0 saturated carbocycles. The monoisotopic (exact) mass is 464 g/mol. The Kier molecular flexibility index (Phi) is 7.35. The minimum Gasteiger partial charge on any atom is -0.366 e. The molecule has 0 atom stereocenters. The van der Waals surface area contributed by atoms with Crippen molar-refractivity contribution in [2.75, 3.05) is 36.9 Å². The summed E-state index contributed by atoms with van der Waals surface area (Å²) >= 11 is 11.8. The van der Waals surface area contributed by atoms with E-state index in [1.165, 1.54) is 11.0 Å². The number of hydrogen-bond acceptors (Lipinski definition) is 5. The Morgan fingerprint density at radius 3 is 2.48 bits per heavy atom. The third-order valence-electron chi connectivity index (χ3n) is 5.22. The molecule has 3 rings (SSSR count). The summed E-state index contributed by atoms with van der Waals surface area (Å²) < 4.78 is 0. The smallest absolute Gasteiger partial charge is 0.292 e. The predicted octanol–water partition coefficient (Wildman–Crippen LogP) is 4.22. The number of para-hydroxylation sites is 2. The van der Waals surface area contributed by atoms with Crippen molar-refractivity contribution in [2.45, 2.75) is 12.8 Å². The molecule has 1 fully saturated rings. The largest absolute Gasteiger partial charge is 0.366 e. The molecule has 0 aromatic heterocycles. The molecule has 1 heterocycles. The number of halogens is 2. The molecule has 10 heteroatoms. The number of anilines is 2. The maximum absolute atomic E-state index is 12.8. The van der Waals surface area contributed by atoms with E-state index >= 15 is 0 Å². The second-order valence-electron chi connectivity index (χ2n) is 7.38.